The van der Waals surface area contributed by atoms with E-state index in [1.54, 1.807) is 0 Å². The van der Waals surface area contributed by atoms with Crippen LogP contribution in [0.2, 0.25) is 0 Å². The number of thiophene rings is 1. The number of morpholine rings is 1. The van der Waals surface area contributed by atoms with Crippen LogP contribution in [0.1, 0.15) is 22.6 Å². The van der Waals surface area contributed by atoms with Crippen LogP contribution in [0.3, 0.4) is 0 Å². The molecule has 0 bridgehead atoms. The van der Waals surface area contributed by atoms with Gasteiger partial charge in [-0.3, -0.25) is 4.90 Å². The Labute approximate surface area is 135 Å². The maximum absolute atomic E-state index is 6.16. The Kier molecular flexibility index (Phi) is 4.03. The minimum Gasteiger partial charge on any atom is -0.375 e. The number of rotatable bonds is 4. The third-order valence-corrected chi connectivity index (χ3v) is 5.98. The van der Waals surface area contributed by atoms with E-state index in [9.17, 15) is 0 Å². The Morgan fingerprint density at radius 2 is 2.32 bits per heavy atom. The summed E-state index contributed by atoms with van der Waals surface area (Å²) in [6, 6.07) is 5.10. The summed E-state index contributed by atoms with van der Waals surface area (Å²) < 4.78 is 8.36. The topological polar surface area (TPSA) is 30.3 Å². The van der Waals surface area contributed by atoms with Gasteiger partial charge in [-0.2, -0.15) is 0 Å². The molecule has 5 heteroatoms. The van der Waals surface area contributed by atoms with Crippen LogP contribution < -0.4 is 0 Å². The van der Waals surface area contributed by atoms with E-state index in [1.807, 2.05) is 23.9 Å². The lowest BCUT2D eigenvalue weighted by molar-refractivity contribution is -0.0783. The monoisotopic (exact) mass is 317 g/mol. The molecule has 118 valence electrons. The van der Waals surface area contributed by atoms with E-state index < -0.39 is 0 Å². The van der Waals surface area contributed by atoms with Gasteiger partial charge in [-0.05, 0) is 31.9 Å². The Bertz CT molecular complexity index is 609. The first-order valence-corrected chi connectivity index (χ1v) is 8.98. The summed E-state index contributed by atoms with van der Waals surface area (Å²) in [5.74, 6) is 0.618. The summed E-state index contributed by atoms with van der Waals surface area (Å²) in [5.41, 5.74) is 0. The second-order valence-electron chi connectivity index (χ2n) is 6.48. The van der Waals surface area contributed by atoms with Crippen molar-refractivity contribution in [3.63, 3.8) is 0 Å². The second kappa shape index (κ2) is 6.14. The van der Waals surface area contributed by atoms with Crippen molar-refractivity contribution in [1.29, 1.82) is 0 Å². The predicted octanol–water partition coefficient (Wildman–Crippen LogP) is 2.93. The first-order chi connectivity index (χ1) is 10.8. The number of nitrogens with zero attached hydrogens (tertiary/aromatic N) is 3. The SMILES string of the molecule is Cc1ccc(CN2CCOC3C(Cn4ccnc4)CCC32)s1. The molecular weight excluding hydrogens is 294 g/mol. The fraction of sp³-hybridized carbons (Fsp3) is 0.588. The number of imidazole rings is 1. The quantitative estimate of drug-likeness (QED) is 0.868. The zero-order valence-electron chi connectivity index (χ0n) is 13.0. The fourth-order valence-electron chi connectivity index (χ4n) is 3.96. The van der Waals surface area contributed by atoms with Crippen molar-refractivity contribution in [3.8, 4) is 0 Å². The van der Waals surface area contributed by atoms with Gasteiger partial charge in [0.25, 0.3) is 0 Å². The molecule has 2 aromatic heterocycles. The Morgan fingerprint density at radius 1 is 1.36 bits per heavy atom. The van der Waals surface area contributed by atoms with Crippen molar-refractivity contribution >= 4 is 11.3 Å². The molecule has 3 heterocycles. The first-order valence-electron chi connectivity index (χ1n) is 8.16. The van der Waals surface area contributed by atoms with Gasteiger partial charge < -0.3 is 9.30 Å². The molecule has 4 nitrogen and oxygen atoms in total. The number of hydrogen-bond donors (Lipinski definition) is 0. The molecule has 2 aliphatic rings. The van der Waals surface area contributed by atoms with Gasteiger partial charge in [-0.25, -0.2) is 4.98 Å². The van der Waals surface area contributed by atoms with Crippen LogP contribution in [0.25, 0.3) is 0 Å². The molecule has 0 aromatic carbocycles. The van der Waals surface area contributed by atoms with E-state index in [0.717, 1.165) is 26.2 Å². The second-order valence-corrected chi connectivity index (χ2v) is 7.85. The zero-order chi connectivity index (χ0) is 14.9. The van der Waals surface area contributed by atoms with Crippen molar-refractivity contribution in [3.05, 3.63) is 40.6 Å². The minimum absolute atomic E-state index is 0.386. The van der Waals surface area contributed by atoms with E-state index in [1.165, 1.54) is 22.6 Å². The maximum Gasteiger partial charge on any atom is 0.0946 e. The van der Waals surface area contributed by atoms with Crippen LogP contribution in [0, 0.1) is 12.8 Å². The van der Waals surface area contributed by atoms with Crippen LogP contribution in [0.15, 0.2) is 30.9 Å². The van der Waals surface area contributed by atoms with Crippen LogP contribution in [-0.2, 0) is 17.8 Å². The lowest BCUT2D eigenvalue weighted by Gasteiger charge is -2.39. The fourth-order valence-corrected chi connectivity index (χ4v) is 4.88. The molecule has 0 N–H and O–H groups in total. The van der Waals surface area contributed by atoms with Gasteiger partial charge in [0.15, 0.2) is 0 Å². The van der Waals surface area contributed by atoms with Crippen molar-refractivity contribution in [2.45, 2.75) is 45.0 Å². The van der Waals surface area contributed by atoms with Crippen LogP contribution in [0.5, 0.6) is 0 Å². The van der Waals surface area contributed by atoms with Crippen LogP contribution in [0.4, 0.5) is 0 Å². The molecule has 2 fully saturated rings. The Morgan fingerprint density at radius 3 is 3.09 bits per heavy atom. The summed E-state index contributed by atoms with van der Waals surface area (Å²) in [5, 5.41) is 0. The van der Waals surface area contributed by atoms with Gasteiger partial charge in [-0.1, -0.05) is 0 Å². The van der Waals surface area contributed by atoms with Crippen LogP contribution >= 0.6 is 11.3 Å². The average molecular weight is 317 g/mol. The number of hydrogen-bond acceptors (Lipinski definition) is 4. The molecule has 0 spiro atoms. The molecule has 0 radical (unpaired) electrons. The molecule has 1 aliphatic carbocycles. The largest absolute Gasteiger partial charge is 0.375 e. The number of ether oxygens (including phenoxy) is 1. The zero-order valence-corrected chi connectivity index (χ0v) is 13.8. The van der Waals surface area contributed by atoms with Crippen LogP contribution in [-0.4, -0.2) is 39.7 Å². The molecule has 22 heavy (non-hydrogen) atoms. The third-order valence-electron chi connectivity index (χ3n) is 4.99. The van der Waals surface area contributed by atoms with Crippen molar-refractivity contribution < 1.29 is 4.74 Å². The summed E-state index contributed by atoms with van der Waals surface area (Å²) in [6.07, 6.45) is 8.74. The average Bonchev–Trinajstić information content (AvgIpc) is 3.23. The normalized spacial score (nSPS) is 28.9. The highest BCUT2D eigenvalue weighted by molar-refractivity contribution is 7.11. The van der Waals surface area contributed by atoms with E-state index >= 15 is 0 Å². The van der Waals surface area contributed by atoms with E-state index in [-0.39, 0.29) is 0 Å². The van der Waals surface area contributed by atoms with Crippen molar-refractivity contribution in [1.82, 2.24) is 14.5 Å². The number of fused-ring (bicyclic) bond motifs is 1. The van der Waals surface area contributed by atoms with E-state index in [2.05, 4.69) is 39.7 Å². The minimum atomic E-state index is 0.386. The highest BCUT2D eigenvalue weighted by Crippen LogP contribution is 2.36. The highest BCUT2D eigenvalue weighted by atomic mass is 32.1. The standard InChI is InChI=1S/C17H23N3OS/c1-13-2-4-15(22-13)11-20-8-9-21-17-14(3-5-16(17)20)10-19-7-6-18-12-19/h2,4,6-7,12,14,16-17H,3,5,8-11H2,1H3. The van der Waals surface area contributed by atoms with Crippen molar-refractivity contribution in [2.75, 3.05) is 13.2 Å². The summed E-state index contributed by atoms with van der Waals surface area (Å²) in [7, 11) is 0. The Hall–Kier alpha value is -1.17. The lowest BCUT2D eigenvalue weighted by Crippen LogP contribution is -2.50. The molecule has 3 atom stereocenters. The summed E-state index contributed by atoms with van der Waals surface area (Å²) in [6.45, 7) is 6.24. The highest BCUT2D eigenvalue weighted by Gasteiger charge is 2.42. The van der Waals surface area contributed by atoms with Gasteiger partial charge in [0.1, 0.15) is 0 Å². The predicted molar refractivity (Wildman–Crippen MR) is 87.9 cm³/mol. The van der Waals surface area contributed by atoms with Gasteiger partial charge in [-0.15, -0.1) is 11.3 Å². The first kappa shape index (κ1) is 14.4. The third kappa shape index (κ3) is 2.85. The molecular formula is C17H23N3OS. The smallest absolute Gasteiger partial charge is 0.0946 e. The molecule has 0 amide bonds. The van der Waals surface area contributed by atoms with Gasteiger partial charge >= 0.3 is 0 Å². The molecule has 3 unspecified atom stereocenters. The Balaban J connectivity index is 1.44. The lowest BCUT2D eigenvalue weighted by atomic mass is 10.0. The van der Waals surface area contributed by atoms with Gasteiger partial charge in [0, 0.05) is 53.7 Å². The molecule has 1 saturated heterocycles. The molecule has 1 aliphatic heterocycles. The molecule has 2 aromatic rings. The van der Waals surface area contributed by atoms with Gasteiger partial charge in [0.2, 0.25) is 0 Å². The maximum atomic E-state index is 6.16. The summed E-state index contributed by atoms with van der Waals surface area (Å²) in [4.78, 5) is 9.69. The van der Waals surface area contributed by atoms with E-state index in [0.29, 0.717) is 18.1 Å². The molecule has 1 saturated carbocycles. The molecule has 4 rings (SSSR count). The van der Waals surface area contributed by atoms with Crippen molar-refractivity contribution in [2.24, 2.45) is 5.92 Å². The van der Waals surface area contributed by atoms with E-state index in [4.69, 9.17) is 4.74 Å². The van der Waals surface area contributed by atoms with Gasteiger partial charge in [0.05, 0.1) is 19.0 Å². The number of aryl methyl sites for hydroxylation is 1. The number of aromatic nitrogens is 2. The summed E-state index contributed by atoms with van der Waals surface area (Å²) >= 11 is 1.93.